The molecule has 0 saturated carbocycles. The third kappa shape index (κ3) is 4.33. The second-order valence-corrected chi connectivity index (χ2v) is 10.1. The van der Waals surface area contributed by atoms with Crippen LogP contribution < -0.4 is 14.7 Å². The molecule has 0 bridgehead atoms. The van der Waals surface area contributed by atoms with Crippen molar-refractivity contribution in [1.29, 1.82) is 5.26 Å². The number of carbonyl (C=O) groups is 1. The van der Waals surface area contributed by atoms with Gasteiger partial charge in [-0.25, -0.2) is 0 Å². The molecule has 0 radical (unpaired) electrons. The molecule has 0 aliphatic carbocycles. The van der Waals surface area contributed by atoms with E-state index in [4.69, 9.17) is 0 Å². The van der Waals surface area contributed by atoms with Crippen LogP contribution in [0.4, 0.5) is 17.3 Å². The number of nitrogens with zero attached hydrogens (tertiary/aromatic N) is 7. The topological polar surface area (TPSA) is 81.3 Å². The minimum atomic E-state index is -0.234. The van der Waals surface area contributed by atoms with Crippen LogP contribution in [0.1, 0.15) is 24.8 Å². The second-order valence-electron chi connectivity index (χ2n) is 9.13. The first-order valence-corrected chi connectivity index (χ1v) is 13.1. The molecule has 0 amide bonds. The monoisotopic (exact) mass is 499 g/mol. The summed E-state index contributed by atoms with van der Waals surface area (Å²) in [5.41, 5.74) is 4.21. The van der Waals surface area contributed by atoms with Crippen molar-refractivity contribution >= 4 is 34.9 Å². The zero-order chi connectivity index (χ0) is 25.2. The van der Waals surface area contributed by atoms with Crippen molar-refractivity contribution in [1.82, 2.24) is 14.8 Å². The molecule has 184 valence electrons. The number of Topliss-reactive ketones (excluding diaryl/α,β-unsaturated/α-hetero) is 1. The van der Waals surface area contributed by atoms with Gasteiger partial charge in [0.05, 0.1) is 22.8 Å². The highest BCUT2D eigenvalue weighted by Crippen LogP contribution is 2.40. The van der Waals surface area contributed by atoms with Crippen molar-refractivity contribution in [3.8, 4) is 11.8 Å². The number of aromatic nitrogens is 3. The molecule has 3 heterocycles. The zero-order valence-electron chi connectivity index (χ0n) is 20.8. The molecule has 1 fully saturated rings. The molecule has 8 nitrogen and oxygen atoms in total. The van der Waals surface area contributed by atoms with E-state index >= 15 is 0 Å². The number of allylic oxidation sites excluding steroid dienone is 1. The van der Waals surface area contributed by atoms with Crippen molar-refractivity contribution < 1.29 is 4.79 Å². The minimum Gasteiger partial charge on any atom is -0.341 e. The van der Waals surface area contributed by atoms with Gasteiger partial charge in [0.15, 0.2) is 10.9 Å². The van der Waals surface area contributed by atoms with Crippen LogP contribution in [0.5, 0.6) is 0 Å². The van der Waals surface area contributed by atoms with Gasteiger partial charge in [-0.2, -0.15) is 5.26 Å². The highest BCUT2D eigenvalue weighted by molar-refractivity contribution is 7.99. The number of carbonyl (C=O) groups excluding carboxylic acids is 1. The fourth-order valence-electron chi connectivity index (χ4n) is 4.83. The Morgan fingerprint density at radius 3 is 2.22 bits per heavy atom. The summed E-state index contributed by atoms with van der Waals surface area (Å²) < 4.78 is 2.03. The fraction of sp³-hybridized carbons (Fsp3) is 0.333. The largest absolute Gasteiger partial charge is 0.341 e. The number of benzene rings is 2. The maximum Gasteiger partial charge on any atom is 0.232 e. The zero-order valence-corrected chi connectivity index (χ0v) is 21.6. The van der Waals surface area contributed by atoms with Crippen LogP contribution in [-0.2, 0) is 4.79 Å². The van der Waals surface area contributed by atoms with E-state index in [-0.39, 0.29) is 17.1 Å². The van der Waals surface area contributed by atoms with Crippen molar-refractivity contribution in [3.05, 3.63) is 65.5 Å². The Hall–Kier alpha value is -3.77. The quantitative estimate of drug-likeness (QED) is 0.278. The lowest BCUT2D eigenvalue weighted by molar-refractivity contribution is -0.112. The number of hydrogen-bond donors (Lipinski definition) is 0. The lowest BCUT2D eigenvalue weighted by Gasteiger charge is -2.27. The summed E-state index contributed by atoms with van der Waals surface area (Å²) in [6, 6.07) is 18.3. The molecule has 5 rings (SSSR count). The SMILES string of the molecule is Cc1ccc(-n2c(SCC(=O)C(C#N)=C3N(C)c4ccccc4N3C)nnc2N2CCCCC2)cc1. The number of aryl methyl sites for hydroxylation is 1. The first kappa shape index (κ1) is 23.9. The molecule has 2 aliphatic rings. The van der Waals surface area contributed by atoms with Gasteiger partial charge < -0.3 is 14.7 Å². The van der Waals surface area contributed by atoms with Crippen LogP contribution in [0.15, 0.2) is 65.1 Å². The molecule has 0 spiro atoms. The summed E-state index contributed by atoms with van der Waals surface area (Å²) in [4.78, 5) is 19.4. The Bertz CT molecular complexity index is 1320. The number of para-hydroxylation sites is 2. The number of rotatable bonds is 6. The maximum absolute atomic E-state index is 13.4. The summed E-state index contributed by atoms with van der Waals surface area (Å²) in [7, 11) is 3.77. The number of anilines is 3. The van der Waals surface area contributed by atoms with E-state index in [2.05, 4.69) is 52.4 Å². The van der Waals surface area contributed by atoms with Crippen LogP contribution in [0.25, 0.3) is 5.69 Å². The van der Waals surface area contributed by atoms with Crippen molar-refractivity contribution in [2.75, 3.05) is 47.6 Å². The summed E-state index contributed by atoms with van der Waals surface area (Å²) in [6.45, 7) is 3.94. The molecule has 0 atom stereocenters. The van der Waals surface area contributed by atoms with Crippen molar-refractivity contribution in [3.63, 3.8) is 0 Å². The molecule has 1 aromatic heterocycles. The first-order chi connectivity index (χ1) is 17.5. The van der Waals surface area contributed by atoms with Gasteiger partial charge in [-0.15, -0.1) is 10.2 Å². The normalized spacial score (nSPS) is 15.2. The summed E-state index contributed by atoms with van der Waals surface area (Å²) in [5.74, 6) is 1.26. The first-order valence-electron chi connectivity index (χ1n) is 12.1. The molecule has 9 heteroatoms. The van der Waals surface area contributed by atoms with Crippen LogP contribution in [0.2, 0.25) is 0 Å². The van der Waals surface area contributed by atoms with E-state index in [1.54, 1.807) is 0 Å². The number of thioether (sulfide) groups is 1. The summed E-state index contributed by atoms with van der Waals surface area (Å²) in [5, 5.41) is 19.6. The molecule has 1 saturated heterocycles. The Balaban J connectivity index is 1.43. The Morgan fingerprint density at radius 2 is 1.61 bits per heavy atom. The lowest BCUT2D eigenvalue weighted by Crippen LogP contribution is -2.31. The third-order valence-corrected chi connectivity index (χ3v) is 7.66. The van der Waals surface area contributed by atoms with Gasteiger partial charge in [0.1, 0.15) is 17.5 Å². The number of fused-ring (bicyclic) bond motifs is 1. The third-order valence-electron chi connectivity index (χ3n) is 6.73. The summed E-state index contributed by atoms with van der Waals surface area (Å²) >= 11 is 1.32. The molecule has 2 aromatic carbocycles. The molecule has 0 N–H and O–H groups in total. The highest BCUT2D eigenvalue weighted by atomic mass is 32.2. The van der Waals surface area contributed by atoms with Gasteiger partial charge >= 0.3 is 0 Å². The van der Waals surface area contributed by atoms with Gasteiger partial charge in [-0.3, -0.25) is 9.36 Å². The van der Waals surface area contributed by atoms with E-state index in [1.807, 2.05) is 52.7 Å². The van der Waals surface area contributed by atoms with Crippen molar-refractivity contribution in [2.24, 2.45) is 0 Å². The van der Waals surface area contributed by atoms with E-state index in [0.29, 0.717) is 11.0 Å². The fourth-order valence-corrected chi connectivity index (χ4v) is 5.65. The predicted molar refractivity (Wildman–Crippen MR) is 144 cm³/mol. The minimum absolute atomic E-state index is 0.0917. The van der Waals surface area contributed by atoms with E-state index in [9.17, 15) is 10.1 Å². The summed E-state index contributed by atoms with van der Waals surface area (Å²) in [6.07, 6.45) is 3.48. The standard InChI is InChI=1S/C27H29N7OS/c1-19-11-13-20(14-12-19)34-26(33-15-7-4-8-16-33)29-30-27(34)36-18-24(35)21(17-28)25-31(2)22-9-5-6-10-23(22)32(25)3/h5-6,9-14H,4,7-8,15-16,18H2,1-3H3. The maximum atomic E-state index is 13.4. The van der Waals surface area contributed by atoms with E-state index < -0.39 is 0 Å². The van der Waals surface area contributed by atoms with Crippen LogP contribution in [0, 0.1) is 18.3 Å². The number of nitriles is 1. The second kappa shape index (κ2) is 10.1. The van der Waals surface area contributed by atoms with Gasteiger partial charge in [-0.05, 0) is 50.5 Å². The Labute approximate surface area is 215 Å². The van der Waals surface area contributed by atoms with Crippen LogP contribution >= 0.6 is 11.8 Å². The van der Waals surface area contributed by atoms with E-state index in [0.717, 1.165) is 48.9 Å². The number of hydrogen-bond acceptors (Lipinski definition) is 8. The lowest BCUT2D eigenvalue weighted by atomic mass is 10.1. The van der Waals surface area contributed by atoms with Gasteiger partial charge in [0, 0.05) is 27.2 Å². The molecule has 3 aromatic rings. The average Bonchev–Trinajstić information content (AvgIpc) is 3.44. The molecule has 36 heavy (non-hydrogen) atoms. The average molecular weight is 500 g/mol. The molecular weight excluding hydrogens is 470 g/mol. The molecule has 2 aliphatic heterocycles. The molecular formula is C27H29N7OS. The van der Waals surface area contributed by atoms with Gasteiger partial charge in [0.25, 0.3) is 0 Å². The van der Waals surface area contributed by atoms with Gasteiger partial charge in [0.2, 0.25) is 5.95 Å². The van der Waals surface area contributed by atoms with Crippen LogP contribution in [0.3, 0.4) is 0 Å². The number of ketones is 1. The van der Waals surface area contributed by atoms with E-state index in [1.165, 1.54) is 23.7 Å². The predicted octanol–water partition coefficient (Wildman–Crippen LogP) is 4.55. The molecule has 0 unspecified atom stereocenters. The van der Waals surface area contributed by atoms with Gasteiger partial charge in [-0.1, -0.05) is 41.6 Å². The van der Waals surface area contributed by atoms with Crippen LogP contribution in [-0.4, -0.2) is 53.5 Å². The highest BCUT2D eigenvalue weighted by Gasteiger charge is 2.31. The smallest absolute Gasteiger partial charge is 0.232 e. The number of piperidine rings is 1. The Morgan fingerprint density at radius 1 is 0.972 bits per heavy atom. The van der Waals surface area contributed by atoms with Crippen molar-refractivity contribution in [2.45, 2.75) is 31.3 Å². The Kier molecular flexibility index (Phi) is 6.70.